The number of carbonyl (C=O) groups is 1. The number of nitrogens with one attached hydrogen (secondary N) is 1. The molecule has 0 spiro atoms. The fourth-order valence-corrected chi connectivity index (χ4v) is 4.32. The third-order valence-electron chi connectivity index (χ3n) is 2.56. The van der Waals surface area contributed by atoms with Gasteiger partial charge in [-0.15, -0.1) is 11.3 Å². The van der Waals surface area contributed by atoms with Gasteiger partial charge in [0.25, 0.3) is 5.91 Å². The van der Waals surface area contributed by atoms with Crippen LogP contribution in [0.5, 0.6) is 0 Å². The summed E-state index contributed by atoms with van der Waals surface area (Å²) in [5, 5.41) is 12.8. The van der Waals surface area contributed by atoms with Gasteiger partial charge in [0.05, 0.1) is 15.5 Å². The molecule has 94 valence electrons. The van der Waals surface area contributed by atoms with Gasteiger partial charge in [0.15, 0.2) is 0 Å². The average Bonchev–Trinajstić information content (AvgIpc) is 2.83. The van der Waals surface area contributed by atoms with Gasteiger partial charge in [-0.2, -0.15) is 11.8 Å². The average molecular weight is 312 g/mol. The van der Waals surface area contributed by atoms with Gasteiger partial charge in [-0.1, -0.05) is 23.2 Å². The molecule has 7 heteroatoms. The van der Waals surface area contributed by atoms with E-state index in [4.69, 9.17) is 23.2 Å². The van der Waals surface area contributed by atoms with Crippen LogP contribution in [0.2, 0.25) is 8.67 Å². The summed E-state index contributed by atoms with van der Waals surface area (Å²) >= 11 is 14.5. The van der Waals surface area contributed by atoms with E-state index in [0.717, 1.165) is 17.1 Å². The van der Waals surface area contributed by atoms with Crippen molar-refractivity contribution < 1.29 is 9.90 Å². The number of thioether (sulfide) groups is 1. The molecule has 1 aromatic heterocycles. The predicted molar refractivity (Wildman–Crippen MR) is 73.6 cm³/mol. The monoisotopic (exact) mass is 311 g/mol. The molecule has 2 N–H and O–H groups in total. The molecule has 0 aliphatic carbocycles. The second-order valence-corrected chi connectivity index (χ2v) is 7.34. The maximum Gasteiger partial charge on any atom is 0.253 e. The number of rotatable bonds is 3. The predicted octanol–water partition coefficient (Wildman–Crippen LogP) is 2.65. The Bertz CT molecular complexity index is 430. The molecule has 1 aliphatic rings. The Morgan fingerprint density at radius 1 is 1.59 bits per heavy atom. The topological polar surface area (TPSA) is 49.3 Å². The lowest BCUT2D eigenvalue weighted by atomic mass is 10.0. The van der Waals surface area contributed by atoms with Crippen LogP contribution in [-0.2, 0) is 0 Å². The molecule has 0 bridgehead atoms. The second-order valence-electron chi connectivity index (χ2n) is 3.95. The lowest BCUT2D eigenvalue weighted by Gasteiger charge is -2.21. The van der Waals surface area contributed by atoms with Crippen molar-refractivity contribution in [3.63, 3.8) is 0 Å². The van der Waals surface area contributed by atoms with Crippen LogP contribution in [0.1, 0.15) is 16.8 Å². The van der Waals surface area contributed by atoms with Crippen molar-refractivity contribution >= 4 is 52.2 Å². The van der Waals surface area contributed by atoms with Crippen LogP contribution in [0.3, 0.4) is 0 Å². The van der Waals surface area contributed by atoms with E-state index >= 15 is 0 Å². The molecule has 2 rings (SSSR count). The van der Waals surface area contributed by atoms with Crippen LogP contribution in [0.15, 0.2) is 6.07 Å². The van der Waals surface area contributed by atoms with Gasteiger partial charge in [0.1, 0.15) is 4.34 Å². The summed E-state index contributed by atoms with van der Waals surface area (Å²) in [7, 11) is 0. The highest BCUT2D eigenvalue weighted by Gasteiger charge is 2.32. The highest BCUT2D eigenvalue weighted by atomic mass is 35.5. The van der Waals surface area contributed by atoms with Crippen LogP contribution in [0, 0.1) is 0 Å². The number of halogens is 2. The van der Waals surface area contributed by atoms with Gasteiger partial charge in [-0.05, 0) is 18.2 Å². The van der Waals surface area contributed by atoms with E-state index in [-0.39, 0.29) is 12.5 Å². The standard InChI is InChI=1S/C10H11Cl2NO2S2/c11-7-3-6(8(12)17-7)9(14)13-4-10(15)1-2-16-5-10/h3,15H,1-2,4-5H2,(H,13,14). The molecule has 1 atom stereocenters. The number of thiophene rings is 1. The maximum atomic E-state index is 11.8. The normalized spacial score (nSPS) is 23.9. The second kappa shape index (κ2) is 5.36. The summed E-state index contributed by atoms with van der Waals surface area (Å²) in [4.78, 5) is 11.8. The van der Waals surface area contributed by atoms with Crippen molar-refractivity contribution in [1.82, 2.24) is 5.32 Å². The zero-order valence-electron chi connectivity index (χ0n) is 8.83. The molecule has 2 heterocycles. The van der Waals surface area contributed by atoms with Gasteiger partial charge in [-0.3, -0.25) is 4.79 Å². The summed E-state index contributed by atoms with van der Waals surface area (Å²) in [6.07, 6.45) is 0.704. The van der Waals surface area contributed by atoms with Crippen molar-refractivity contribution in [1.29, 1.82) is 0 Å². The van der Waals surface area contributed by atoms with Crippen LogP contribution in [-0.4, -0.2) is 34.7 Å². The van der Waals surface area contributed by atoms with E-state index in [1.807, 2.05) is 0 Å². The quantitative estimate of drug-likeness (QED) is 0.902. The van der Waals surface area contributed by atoms with Crippen LogP contribution < -0.4 is 5.32 Å². The largest absolute Gasteiger partial charge is 0.387 e. The van der Waals surface area contributed by atoms with Crippen LogP contribution in [0.4, 0.5) is 0 Å². The molecular formula is C10H11Cl2NO2S2. The Kier molecular flexibility index (Phi) is 4.26. The summed E-state index contributed by atoms with van der Waals surface area (Å²) in [5.74, 6) is 1.30. The number of carbonyl (C=O) groups excluding carboxylic acids is 1. The minimum absolute atomic E-state index is 0.253. The number of amides is 1. The molecule has 0 saturated carbocycles. The Morgan fingerprint density at radius 3 is 2.88 bits per heavy atom. The van der Waals surface area contributed by atoms with E-state index < -0.39 is 5.60 Å². The number of hydrogen-bond donors (Lipinski definition) is 2. The van der Waals surface area contributed by atoms with E-state index in [9.17, 15) is 9.90 Å². The van der Waals surface area contributed by atoms with E-state index in [1.165, 1.54) is 6.07 Å². The van der Waals surface area contributed by atoms with Crippen LogP contribution in [0.25, 0.3) is 0 Å². The minimum Gasteiger partial charge on any atom is -0.387 e. The lowest BCUT2D eigenvalue weighted by Crippen LogP contribution is -2.42. The fourth-order valence-electron chi connectivity index (χ4n) is 1.57. The van der Waals surface area contributed by atoms with Crippen molar-refractivity contribution in [2.75, 3.05) is 18.1 Å². The first-order valence-corrected chi connectivity index (χ1v) is 7.76. The molecule has 1 fully saturated rings. The van der Waals surface area contributed by atoms with E-state index in [1.54, 1.807) is 11.8 Å². The van der Waals surface area contributed by atoms with Crippen molar-refractivity contribution in [3.05, 3.63) is 20.3 Å². The summed E-state index contributed by atoms with van der Waals surface area (Å²) in [6.45, 7) is 0.253. The Morgan fingerprint density at radius 2 is 2.35 bits per heavy atom. The summed E-state index contributed by atoms with van der Waals surface area (Å²) < 4.78 is 0.857. The molecular weight excluding hydrogens is 301 g/mol. The molecule has 3 nitrogen and oxygen atoms in total. The molecule has 0 radical (unpaired) electrons. The van der Waals surface area contributed by atoms with Gasteiger partial charge in [0, 0.05) is 12.3 Å². The maximum absolute atomic E-state index is 11.8. The Balaban J connectivity index is 1.95. The van der Waals surface area contributed by atoms with Crippen molar-refractivity contribution in [3.8, 4) is 0 Å². The van der Waals surface area contributed by atoms with Gasteiger partial charge >= 0.3 is 0 Å². The van der Waals surface area contributed by atoms with Crippen molar-refractivity contribution in [2.45, 2.75) is 12.0 Å². The zero-order chi connectivity index (χ0) is 12.5. The first-order valence-electron chi connectivity index (χ1n) is 5.03. The molecule has 17 heavy (non-hydrogen) atoms. The third-order valence-corrected chi connectivity index (χ3v) is 5.28. The Labute approximate surface area is 117 Å². The van der Waals surface area contributed by atoms with Crippen molar-refractivity contribution in [2.24, 2.45) is 0 Å². The highest BCUT2D eigenvalue weighted by Crippen LogP contribution is 2.31. The molecule has 1 unspecified atom stereocenters. The number of aliphatic hydroxyl groups is 1. The van der Waals surface area contributed by atoms with Gasteiger partial charge in [0.2, 0.25) is 0 Å². The van der Waals surface area contributed by atoms with Crippen LogP contribution >= 0.6 is 46.3 Å². The molecule has 1 aromatic rings. The zero-order valence-corrected chi connectivity index (χ0v) is 12.0. The Hall–Kier alpha value is 0.0600. The third kappa shape index (κ3) is 3.29. The number of hydrogen-bond acceptors (Lipinski definition) is 4. The highest BCUT2D eigenvalue weighted by molar-refractivity contribution is 7.99. The summed E-state index contributed by atoms with van der Waals surface area (Å²) in [6, 6.07) is 1.54. The summed E-state index contributed by atoms with van der Waals surface area (Å²) in [5.41, 5.74) is -0.414. The molecule has 1 saturated heterocycles. The molecule has 1 aliphatic heterocycles. The first-order chi connectivity index (χ1) is 8.00. The van der Waals surface area contributed by atoms with Gasteiger partial charge in [-0.25, -0.2) is 0 Å². The van der Waals surface area contributed by atoms with E-state index in [0.29, 0.717) is 26.4 Å². The first kappa shape index (κ1) is 13.5. The minimum atomic E-state index is -0.785. The smallest absolute Gasteiger partial charge is 0.253 e. The fraction of sp³-hybridized carbons (Fsp3) is 0.500. The molecule has 1 amide bonds. The van der Waals surface area contributed by atoms with Gasteiger partial charge < -0.3 is 10.4 Å². The SMILES string of the molecule is O=C(NCC1(O)CCSC1)c1cc(Cl)sc1Cl. The van der Waals surface area contributed by atoms with E-state index in [2.05, 4.69) is 5.32 Å². The molecule has 0 aromatic carbocycles. The lowest BCUT2D eigenvalue weighted by molar-refractivity contribution is 0.0613.